The Bertz CT molecular complexity index is 720. The molecule has 1 N–H and O–H groups in total. The van der Waals surface area contributed by atoms with E-state index in [-0.39, 0.29) is 11.7 Å². The van der Waals surface area contributed by atoms with Crippen molar-refractivity contribution in [3.05, 3.63) is 41.6 Å². The Labute approximate surface area is 148 Å². The first-order chi connectivity index (χ1) is 12.1. The van der Waals surface area contributed by atoms with E-state index in [9.17, 15) is 4.79 Å². The second-order valence-corrected chi connectivity index (χ2v) is 6.38. The van der Waals surface area contributed by atoms with Crippen LogP contribution >= 0.6 is 0 Å². The molecule has 0 saturated carbocycles. The molecule has 1 fully saturated rings. The van der Waals surface area contributed by atoms with Gasteiger partial charge >= 0.3 is 0 Å². The molecule has 1 aliphatic heterocycles. The number of carbonyl (C=O) groups is 1. The van der Waals surface area contributed by atoms with Crippen LogP contribution in [0.1, 0.15) is 41.4 Å². The van der Waals surface area contributed by atoms with E-state index in [2.05, 4.69) is 15.2 Å². The van der Waals surface area contributed by atoms with Crippen LogP contribution in [0.15, 0.2) is 28.7 Å². The molecule has 134 valence electrons. The lowest BCUT2D eigenvalue weighted by molar-refractivity contribution is 0.0994. The molecule has 1 amide bonds. The Morgan fingerprint density at radius 3 is 2.80 bits per heavy atom. The van der Waals surface area contributed by atoms with Gasteiger partial charge in [0, 0.05) is 25.2 Å². The van der Waals surface area contributed by atoms with E-state index >= 15 is 0 Å². The fraction of sp³-hybridized carbons (Fsp3) is 0.474. The summed E-state index contributed by atoms with van der Waals surface area (Å²) in [6.07, 6.45) is 3.90. The van der Waals surface area contributed by atoms with Crippen LogP contribution in [0.3, 0.4) is 0 Å². The number of nitrogens with one attached hydrogen (secondary N) is 1. The van der Waals surface area contributed by atoms with Gasteiger partial charge in [0.2, 0.25) is 5.76 Å². The quantitative estimate of drug-likeness (QED) is 0.870. The Hall–Kier alpha value is -2.34. The molecule has 1 aromatic heterocycles. The standard InChI is InChI=1S/C19H25N3O3/c1-14-18(25-15(2)20-14)19(23)21-16-7-6-8-17(13-16)24-12-11-22-9-4-3-5-10-22/h6-8,13H,3-5,9-12H2,1-2H3,(H,21,23). The van der Waals surface area contributed by atoms with Crippen LogP contribution in [0.25, 0.3) is 0 Å². The van der Waals surface area contributed by atoms with Gasteiger partial charge in [-0.1, -0.05) is 12.5 Å². The summed E-state index contributed by atoms with van der Waals surface area (Å²) in [4.78, 5) is 18.8. The van der Waals surface area contributed by atoms with Gasteiger partial charge in [0.15, 0.2) is 5.89 Å². The van der Waals surface area contributed by atoms with Crippen molar-refractivity contribution in [1.82, 2.24) is 9.88 Å². The number of carbonyl (C=O) groups excluding carboxylic acids is 1. The number of amides is 1. The lowest BCUT2D eigenvalue weighted by Crippen LogP contribution is -2.33. The molecule has 25 heavy (non-hydrogen) atoms. The van der Waals surface area contributed by atoms with Crippen LogP contribution in [0, 0.1) is 13.8 Å². The SMILES string of the molecule is Cc1nc(C)c(C(=O)Nc2cccc(OCCN3CCCCC3)c2)o1. The fourth-order valence-corrected chi connectivity index (χ4v) is 3.07. The second-order valence-electron chi connectivity index (χ2n) is 6.38. The van der Waals surface area contributed by atoms with Gasteiger partial charge < -0.3 is 14.5 Å². The number of hydrogen-bond donors (Lipinski definition) is 1. The average Bonchev–Trinajstić information content (AvgIpc) is 2.95. The van der Waals surface area contributed by atoms with E-state index in [1.165, 1.54) is 19.3 Å². The molecule has 2 aromatic rings. The van der Waals surface area contributed by atoms with Crippen LogP contribution in [-0.2, 0) is 0 Å². The summed E-state index contributed by atoms with van der Waals surface area (Å²) >= 11 is 0. The van der Waals surface area contributed by atoms with Gasteiger partial charge in [-0.3, -0.25) is 9.69 Å². The summed E-state index contributed by atoms with van der Waals surface area (Å²) in [7, 11) is 0. The Morgan fingerprint density at radius 2 is 2.08 bits per heavy atom. The van der Waals surface area contributed by atoms with Crippen LogP contribution in [0.4, 0.5) is 5.69 Å². The molecule has 6 nitrogen and oxygen atoms in total. The molecule has 1 aromatic carbocycles. The van der Waals surface area contributed by atoms with Gasteiger partial charge in [-0.25, -0.2) is 4.98 Å². The zero-order chi connectivity index (χ0) is 17.6. The number of nitrogens with zero attached hydrogens (tertiary/aromatic N) is 2. The minimum atomic E-state index is -0.302. The zero-order valence-corrected chi connectivity index (χ0v) is 14.9. The highest BCUT2D eigenvalue weighted by Crippen LogP contribution is 2.19. The second kappa shape index (κ2) is 8.16. The number of ether oxygens (including phenoxy) is 1. The van der Waals surface area contributed by atoms with E-state index in [1.54, 1.807) is 13.8 Å². The third-order valence-corrected chi connectivity index (χ3v) is 4.33. The molecule has 0 radical (unpaired) electrons. The van der Waals surface area contributed by atoms with Gasteiger partial charge in [-0.15, -0.1) is 0 Å². The van der Waals surface area contributed by atoms with E-state index in [4.69, 9.17) is 9.15 Å². The number of benzene rings is 1. The van der Waals surface area contributed by atoms with E-state index < -0.39 is 0 Å². The maximum atomic E-state index is 12.3. The van der Waals surface area contributed by atoms with Gasteiger partial charge in [-0.2, -0.15) is 0 Å². The first kappa shape index (κ1) is 17.5. The van der Waals surface area contributed by atoms with Gasteiger partial charge in [0.1, 0.15) is 12.4 Å². The maximum absolute atomic E-state index is 12.3. The summed E-state index contributed by atoms with van der Waals surface area (Å²) in [6.45, 7) is 7.39. The van der Waals surface area contributed by atoms with Crippen molar-refractivity contribution < 1.29 is 13.9 Å². The third kappa shape index (κ3) is 4.82. The Kier molecular flexibility index (Phi) is 5.71. The fourth-order valence-electron chi connectivity index (χ4n) is 3.07. The third-order valence-electron chi connectivity index (χ3n) is 4.33. The molecular formula is C19H25N3O3. The van der Waals surface area contributed by atoms with Crippen LogP contribution in [0.2, 0.25) is 0 Å². The first-order valence-corrected chi connectivity index (χ1v) is 8.82. The maximum Gasteiger partial charge on any atom is 0.293 e. The summed E-state index contributed by atoms with van der Waals surface area (Å²) in [6, 6.07) is 7.42. The molecule has 0 unspecified atom stereocenters. The number of oxazole rings is 1. The predicted octanol–water partition coefficient (Wildman–Crippen LogP) is 3.41. The summed E-state index contributed by atoms with van der Waals surface area (Å²) in [5.74, 6) is 1.18. The molecule has 1 aliphatic rings. The number of hydrogen-bond acceptors (Lipinski definition) is 5. The number of likely N-dealkylation sites (tertiary alicyclic amines) is 1. The Balaban J connectivity index is 1.54. The first-order valence-electron chi connectivity index (χ1n) is 8.82. The van der Waals surface area contributed by atoms with Crippen molar-refractivity contribution in [3.8, 4) is 5.75 Å². The lowest BCUT2D eigenvalue weighted by atomic mass is 10.1. The highest BCUT2D eigenvalue weighted by Gasteiger charge is 2.16. The number of aryl methyl sites for hydroxylation is 2. The highest BCUT2D eigenvalue weighted by molar-refractivity contribution is 6.03. The molecule has 0 bridgehead atoms. The van der Waals surface area contributed by atoms with Crippen LogP contribution < -0.4 is 10.1 Å². The van der Waals surface area contributed by atoms with Crippen molar-refractivity contribution in [2.24, 2.45) is 0 Å². The van der Waals surface area contributed by atoms with E-state index in [1.807, 2.05) is 24.3 Å². The molecule has 2 heterocycles. The van der Waals surface area contributed by atoms with Gasteiger partial charge in [0.25, 0.3) is 5.91 Å². The molecule has 0 spiro atoms. The highest BCUT2D eigenvalue weighted by atomic mass is 16.5. The van der Waals surface area contributed by atoms with Crippen molar-refractivity contribution in [1.29, 1.82) is 0 Å². The smallest absolute Gasteiger partial charge is 0.293 e. The van der Waals surface area contributed by atoms with Crippen LogP contribution in [0.5, 0.6) is 5.75 Å². The predicted molar refractivity (Wildman–Crippen MR) is 96.2 cm³/mol. The minimum Gasteiger partial charge on any atom is -0.492 e. The number of rotatable bonds is 6. The normalized spacial score (nSPS) is 15.1. The molecular weight excluding hydrogens is 318 g/mol. The van der Waals surface area contributed by atoms with Crippen molar-refractivity contribution in [3.63, 3.8) is 0 Å². The topological polar surface area (TPSA) is 67.6 Å². The number of piperidine rings is 1. The van der Waals surface area contributed by atoms with Gasteiger partial charge in [-0.05, 0) is 45.0 Å². The van der Waals surface area contributed by atoms with Crippen molar-refractivity contribution in [2.45, 2.75) is 33.1 Å². The van der Waals surface area contributed by atoms with Crippen molar-refractivity contribution >= 4 is 11.6 Å². The largest absolute Gasteiger partial charge is 0.492 e. The lowest BCUT2D eigenvalue weighted by Gasteiger charge is -2.26. The monoisotopic (exact) mass is 343 g/mol. The van der Waals surface area contributed by atoms with E-state index in [0.29, 0.717) is 23.9 Å². The average molecular weight is 343 g/mol. The summed E-state index contributed by atoms with van der Waals surface area (Å²) in [5.41, 5.74) is 1.26. The molecule has 3 rings (SSSR count). The molecule has 0 aliphatic carbocycles. The zero-order valence-electron chi connectivity index (χ0n) is 14.9. The molecule has 1 saturated heterocycles. The number of anilines is 1. The van der Waals surface area contributed by atoms with Gasteiger partial charge in [0.05, 0.1) is 5.69 Å². The van der Waals surface area contributed by atoms with Crippen LogP contribution in [-0.4, -0.2) is 42.0 Å². The van der Waals surface area contributed by atoms with Crippen molar-refractivity contribution in [2.75, 3.05) is 31.6 Å². The molecule has 6 heteroatoms. The summed E-state index contributed by atoms with van der Waals surface area (Å²) < 4.78 is 11.2. The minimum absolute atomic E-state index is 0.244. The Morgan fingerprint density at radius 1 is 1.28 bits per heavy atom. The summed E-state index contributed by atoms with van der Waals surface area (Å²) in [5, 5.41) is 2.83. The number of aromatic nitrogens is 1. The molecule has 0 atom stereocenters. The van der Waals surface area contributed by atoms with E-state index in [0.717, 1.165) is 25.4 Å².